The number of halogens is 2. The first kappa shape index (κ1) is 22.5. The molecule has 0 aliphatic heterocycles. The van der Waals surface area contributed by atoms with Crippen molar-refractivity contribution in [3.63, 3.8) is 0 Å². The molecule has 0 fully saturated rings. The van der Waals surface area contributed by atoms with E-state index in [9.17, 15) is 18.4 Å². The molecule has 2 N–H and O–H groups in total. The molecule has 2 aromatic rings. The van der Waals surface area contributed by atoms with Gasteiger partial charge in [0.25, 0.3) is 5.91 Å². The predicted molar refractivity (Wildman–Crippen MR) is 107 cm³/mol. The Morgan fingerprint density at radius 1 is 1.07 bits per heavy atom. The summed E-state index contributed by atoms with van der Waals surface area (Å²) in [7, 11) is 1.28. The van der Waals surface area contributed by atoms with Gasteiger partial charge < -0.3 is 20.1 Å². The van der Waals surface area contributed by atoms with Gasteiger partial charge in [-0.2, -0.15) is 8.78 Å². The van der Waals surface area contributed by atoms with E-state index in [-0.39, 0.29) is 29.5 Å². The van der Waals surface area contributed by atoms with Gasteiger partial charge in [0.05, 0.1) is 13.7 Å². The van der Waals surface area contributed by atoms with E-state index in [1.807, 2.05) is 30.3 Å². The lowest BCUT2D eigenvalue weighted by atomic mass is 10.2. The number of rotatable bonds is 11. The largest absolute Gasteiger partial charge is 0.493 e. The van der Waals surface area contributed by atoms with Crippen molar-refractivity contribution in [3.8, 4) is 11.5 Å². The van der Waals surface area contributed by atoms with Crippen LogP contribution in [-0.2, 0) is 4.79 Å². The summed E-state index contributed by atoms with van der Waals surface area (Å²) < 4.78 is 33.9. The number of hydrogen-bond acceptors (Lipinski definition) is 5. The zero-order valence-corrected chi connectivity index (χ0v) is 16.6. The summed E-state index contributed by atoms with van der Waals surface area (Å²) in [6, 6.07) is 13.8. The van der Waals surface area contributed by atoms with E-state index in [1.165, 1.54) is 30.2 Å². The highest BCUT2D eigenvalue weighted by Gasteiger charge is 2.14. The Kier molecular flexibility index (Phi) is 9.23. The highest BCUT2D eigenvalue weighted by atomic mass is 32.2. The molecule has 0 bridgehead atoms. The van der Waals surface area contributed by atoms with Crippen molar-refractivity contribution < 1.29 is 27.8 Å². The maximum Gasteiger partial charge on any atom is 0.387 e. The molecule has 0 saturated heterocycles. The third kappa shape index (κ3) is 7.98. The monoisotopic (exact) mass is 424 g/mol. The molecule has 0 spiro atoms. The molecule has 6 nitrogen and oxygen atoms in total. The second-order valence-electron chi connectivity index (χ2n) is 5.79. The number of benzene rings is 2. The van der Waals surface area contributed by atoms with E-state index in [0.29, 0.717) is 6.54 Å². The molecule has 9 heteroatoms. The molecule has 0 atom stereocenters. The Morgan fingerprint density at radius 3 is 2.52 bits per heavy atom. The van der Waals surface area contributed by atoms with E-state index in [0.717, 1.165) is 12.2 Å². The van der Waals surface area contributed by atoms with Crippen LogP contribution in [0.25, 0.3) is 0 Å². The van der Waals surface area contributed by atoms with Crippen LogP contribution in [0, 0.1) is 0 Å². The molecule has 29 heavy (non-hydrogen) atoms. The van der Waals surface area contributed by atoms with Crippen molar-refractivity contribution in [2.75, 3.05) is 26.0 Å². The normalized spacial score (nSPS) is 10.5. The number of carbonyl (C=O) groups excluding carboxylic acids is 2. The van der Waals surface area contributed by atoms with E-state index >= 15 is 0 Å². The van der Waals surface area contributed by atoms with Crippen molar-refractivity contribution in [1.29, 1.82) is 0 Å². The maximum atomic E-state index is 12.3. The van der Waals surface area contributed by atoms with Crippen molar-refractivity contribution >= 4 is 23.6 Å². The van der Waals surface area contributed by atoms with Gasteiger partial charge in [-0.15, -0.1) is 11.8 Å². The van der Waals surface area contributed by atoms with Crippen LogP contribution in [0.4, 0.5) is 8.78 Å². The Balaban J connectivity index is 1.70. The molecule has 0 aliphatic carbocycles. The number of thioether (sulfide) groups is 1. The topological polar surface area (TPSA) is 76.7 Å². The van der Waals surface area contributed by atoms with Crippen LogP contribution in [0.2, 0.25) is 0 Å². The molecular weight excluding hydrogens is 402 g/mol. The second-order valence-corrected chi connectivity index (χ2v) is 6.96. The minimum atomic E-state index is -3.00. The summed E-state index contributed by atoms with van der Waals surface area (Å²) in [5.41, 5.74) is 0.163. The molecule has 2 rings (SSSR count). The highest BCUT2D eigenvalue weighted by Crippen LogP contribution is 2.29. The smallest absolute Gasteiger partial charge is 0.387 e. The van der Waals surface area contributed by atoms with E-state index in [4.69, 9.17) is 4.74 Å². The molecule has 2 aromatic carbocycles. The number of ether oxygens (including phenoxy) is 2. The fraction of sp³-hybridized carbons (Fsp3) is 0.300. The van der Waals surface area contributed by atoms with Gasteiger partial charge in [0.2, 0.25) is 5.91 Å². The lowest BCUT2D eigenvalue weighted by Gasteiger charge is -2.11. The molecule has 0 radical (unpaired) electrons. The van der Waals surface area contributed by atoms with Crippen LogP contribution < -0.4 is 20.1 Å². The van der Waals surface area contributed by atoms with Gasteiger partial charge in [-0.25, -0.2) is 0 Å². The van der Waals surface area contributed by atoms with Gasteiger partial charge in [-0.3, -0.25) is 9.59 Å². The van der Waals surface area contributed by atoms with Crippen LogP contribution in [0.15, 0.2) is 53.4 Å². The number of amides is 2. The summed E-state index contributed by atoms with van der Waals surface area (Å²) >= 11 is 1.71. The van der Waals surface area contributed by atoms with Gasteiger partial charge in [0.1, 0.15) is 0 Å². The van der Waals surface area contributed by atoms with Crippen LogP contribution >= 0.6 is 11.8 Å². The molecule has 0 aliphatic rings. The zero-order valence-electron chi connectivity index (χ0n) is 15.8. The number of carbonyl (C=O) groups is 2. The van der Waals surface area contributed by atoms with Crippen LogP contribution in [0.1, 0.15) is 16.8 Å². The average Bonchev–Trinajstić information content (AvgIpc) is 2.72. The third-order valence-electron chi connectivity index (χ3n) is 3.71. The SMILES string of the molecule is COc1cc(C(=O)NCC(=O)NCCCSc2ccccc2)ccc1OC(F)F. The van der Waals surface area contributed by atoms with E-state index in [2.05, 4.69) is 15.4 Å². The number of nitrogens with one attached hydrogen (secondary N) is 2. The molecule has 2 amide bonds. The molecule has 0 aromatic heterocycles. The first-order valence-corrected chi connectivity index (χ1v) is 9.83. The van der Waals surface area contributed by atoms with Crippen molar-refractivity contribution in [1.82, 2.24) is 10.6 Å². The summed E-state index contributed by atoms with van der Waals surface area (Å²) in [5, 5.41) is 5.21. The Bertz CT molecular complexity index is 806. The minimum absolute atomic E-state index is 0.00156. The van der Waals surface area contributed by atoms with Crippen LogP contribution in [-0.4, -0.2) is 44.4 Å². The second kappa shape index (κ2) is 11.9. The number of methoxy groups -OCH3 is 1. The first-order valence-electron chi connectivity index (χ1n) is 8.85. The van der Waals surface area contributed by atoms with Gasteiger partial charge >= 0.3 is 6.61 Å². The Hall–Kier alpha value is -2.81. The first-order chi connectivity index (χ1) is 14.0. The fourth-order valence-corrected chi connectivity index (χ4v) is 3.21. The molecule has 0 saturated carbocycles. The van der Waals surface area contributed by atoms with Gasteiger partial charge in [-0.1, -0.05) is 18.2 Å². The number of hydrogen-bond donors (Lipinski definition) is 2. The van der Waals surface area contributed by atoms with Crippen molar-refractivity contribution in [3.05, 3.63) is 54.1 Å². The number of alkyl halides is 2. The van der Waals surface area contributed by atoms with Gasteiger partial charge in [0, 0.05) is 17.0 Å². The Morgan fingerprint density at radius 2 is 1.83 bits per heavy atom. The molecule has 0 heterocycles. The summed E-state index contributed by atoms with van der Waals surface area (Å²) in [5.74, 6) is -0.151. The van der Waals surface area contributed by atoms with Crippen LogP contribution in [0.3, 0.4) is 0 Å². The lowest BCUT2D eigenvalue weighted by Crippen LogP contribution is -2.37. The molecule has 0 unspecified atom stereocenters. The third-order valence-corrected chi connectivity index (χ3v) is 4.80. The van der Waals surface area contributed by atoms with Gasteiger partial charge in [0.15, 0.2) is 11.5 Å². The summed E-state index contributed by atoms with van der Waals surface area (Å²) in [6.45, 7) is -2.69. The van der Waals surface area contributed by atoms with Gasteiger partial charge in [-0.05, 0) is 42.5 Å². The van der Waals surface area contributed by atoms with E-state index in [1.54, 1.807) is 11.8 Å². The molecule has 156 valence electrons. The van der Waals surface area contributed by atoms with Crippen molar-refractivity contribution in [2.45, 2.75) is 17.9 Å². The minimum Gasteiger partial charge on any atom is -0.493 e. The Labute approximate surface area is 172 Å². The lowest BCUT2D eigenvalue weighted by molar-refractivity contribution is -0.120. The summed E-state index contributed by atoms with van der Waals surface area (Å²) in [6.07, 6.45) is 0.794. The fourth-order valence-electron chi connectivity index (χ4n) is 2.33. The van der Waals surface area contributed by atoms with E-state index < -0.39 is 12.5 Å². The average molecular weight is 424 g/mol. The quantitative estimate of drug-likeness (QED) is 0.428. The standard InChI is InChI=1S/C20H22F2N2O4S/c1-27-17-12-14(8-9-16(17)28-20(21)22)19(26)24-13-18(25)23-10-5-11-29-15-6-3-2-4-7-15/h2-4,6-9,12,20H,5,10-11,13H2,1H3,(H,23,25)(H,24,26). The van der Waals surface area contributed by atoms with Crippen LogP contribution in [0.5, 0.6) is 11.5 Å². The maximum absolute atomic E-state index is 12.3. The highest BCUT2D eigenvalue weighted by molar-refractivity contribution is 7.99. The zero-order chi connectivity index (χ0) is 21.1. The predicted octanol–water partition coefficient (Wildman–Crippen LogP) is 3.33. The molecular formula is C20H22F2N2O4S. The van der Waals surface area contributed by atoms with Crippen molar-refractivity contribution in [2.24, 2.45) is 0 Å². The summed E-state index contributed by atoms with van der Waals surface area (Å²) in [4.78, 5) is 25.2.